The summed E-state index contributed by atoms with van der Waals surface area (Å²) in [5.74, 6) is 0.243. The monoisotopic (exact) mass is 364 g/mol. The van der Waals surface area contributed by atoms with E-state index in [1.165, 1.54) is 19.1 Å². The molecule has 0 radical (unpaired) electrons. The van der Waals surface area contributed by atoms with Gasteiger partial charge in [-0.15, -0.1) is 0 Å². The summed E-state index contributed by atoms with van der Waals surface area (Å²) in [5.41, 5.74) is -0.247. The third-order valence-corrected chi connectivity index (χ3v) is 6.06. The van der Waals surface area contributed by atoms with Crippen LogP contribution < -0.4 is 10.6 Å². The maximum absolute atomic E-state index is 12.2. The van der Waals surface area contributed by atoms with Crippen LogP contribution in [-0.2, 0) is 23.1 Å². The molecule has 1 aromatic heterocycles. The van der Waals surface area contributed by atoms with Crippen molar-refractivity contribution in [2.75, 3.05) is 39.0 Å². The van der Waals surface area contributed by atoms with Crippen molar-refractivity contribution in [3.05, 3.63) is 20.2 Å². The van der Waals surface area contributed by atoms with E-state index >= 15 is 0 Å². The Morgan fingerprint density at radius 2 is 1.70 bits per heavy atom. The lowest BCUT2D eigenvalue weighted by Crippen LogP contribution is -2.49. The van der Waals surface area contributed by atoms with Gasteiger partial charge in [0.05, 0.1) is 12.8 Å². The highest BCUT2D eigenvalue weighted by molar-refractivity contribution is 7.88. The van der Waals surface area contributed by atoms with Crippen molar-refractivity contribution in [2.45, 2.75) is 26.9 Å². The van der Waals surface area contributed by atoms with Gasteiger partial charge in [-0.1, -0.05) is 13.8 Å². The van der Waals surface area contributed by atoms with Crippen LogP contribution in [0, 0.1) is 5.92 Å². The molecule has 8 nitrogen and oxygen atoms in total. The van der Waals surface area contributed by atoms with Crippen LogP contribution in [-0.4, -0.2) is 65.1 Å². The van der Waals surface area contributed by atoms with Crippen LogP contribution >= 0.6 is 11.5 Å². The highest BCUT2D eigenvalue weighted by Gasteiger charge is 2.23. The van der Waals surface area contributed by atoms with Crippen LogP contribution in [0.2, 0.25) is 0 Å². The number of aromatic nitrogens is 2. The smallest absolute Gasteiger partial charge is 0.299 e. The molecule has 0 unspecified atom stereocenters. The molecule has 0 saturated carbocycles. The Morgan fingerprint density at radius 3 is 2.22 bits per heavy atom. The zero-order valence-corrected chi connectivity index (χ0v) is 15.4. The summed E-state index contributed by atoms with van der Waals surface area (Å²) in [7, 11) is -3.13. The van der Waals surface area contributed by atoms with E-state index in [1.807, 2.05) is 13.8 Å². The van der Waals surface area contributed by atoms with Gasteiger partial charge in [-0.25, -0.2) is 21.7 Å². The maximum atomic E-state index is 12.2. The minimum atomic E-state index is -3.13. The molecule has 10 heteroatoms. The SMILES string of the molecule is CC(C)Cn1c(=O)sn(CCN2CCN(S(C)(=O)=O)CC2)c1=O. The van der Waals surface area contributed by atoms with Crippen molar-refractivity contribution < 1.29 is 8.42 Å². The Hall–Kier alpha value is -0.970. The largest absolute Gasteiger partial charge is 0.341 e. The Bertz CT molecular complexity index is 739. The molecule has 132 valence electrons. The molecule has 0 atom stereocenters. The fourth-order valence-corrected chi connectivity index (χ4v) is 4.19. The molecular formula is C13H24N4O4S2. The van der Waals surface area contributed by atoms with E-state index in [0.29, 0.717) is 45.8 Å². The standard InChI is InChI=1S/C13H24N4O4S2/c1-11(2)10-16-12(18)17(22-13(16)19)9-6-14-4-7-15(8-5-14)23(3,20)21/h11H,4-10H2,1-3H3. The van der Waals surface area contributed by atoms with E-state index in [-0.39, 0.29) is 16.5 Å². The van der Waals surface area contributed by atoms with E-state index in [2.05, 4.69) is 4.90 Å². The average molecular weight is 364 g/mol. The third-order valence-electron chi connectivity index (χ3n) is 3.82. The van der Waals surface area contributed by atoms with E-state index < -0.39 is 10.0 Å². The zero-order valence-electron chi connectivity index (χ0n) is 13.8. The summed E-state index contributed by atoms with van der Waals surface area (Å²) in [4.78, 5) is 26.0. The van der Waals surface area contributed by atoms with Gasteiger partial charge in [0.15, 0.2) is 0 Å². The van der Waals surface area contributed by atoms with Crippen LogP contribution in [0.4, 0.5) is 0 Å². The molecule has 0 amide bonds. The normalized spacial score (nSPS) is 17.9. The van der Waals surface area contributed by atoms with Gasteiger partial charge in [-0.05, 0) is 5.92 Å². The summed E-state index contributed by atoms with van der Waals surface area (Å²) in [6, 6.07) is 0. The Labute approximate surface area is 140 Å². The van der Waals surface area contributed by atoms with Gasteiger partial charge in [-0.3, -0.25) is 9.69 Å². The summed E-state index contributed by atoms with van der Waals surface area (Å²) in [6.45, 7) is 7.70. The Kier molecular flexibility index (Phi) is 5.82. The van der Waals surface area contributed by atoms with Crippen LogP contribution in [0.1, 0.15) is 13.8 Å². The number of hydrogen-bond donors (Lipinski definition) is 0. The van der Waals surface area contributed by atoms with Crippen molar-refractivity contribution in [1.82, 2.24) is 17.7 Å². The molecule has 2 rings (SSSR count). The first-order chi connectivity index (χ1) is 10.7. The molecule has 0 spiro atoms. The summed E-state index contributed by atoms with van der Waals surface area (Å²) >= 11 is 0.955. The second-order valence-corrected chi connectivity index (χ2v) is 9.21. The first kappa shape index (κ1) is 18.4. The van der Waals surface area contributed by atoms with Crippen LogP contribution in [0.15, 0.2) is 9.59 Å². The molecule has 1 aliphatic rings. The number of piperazine rings is 1. The van der Waals surface area contributed by atoms with Crippen molar-refractivity contribution >= 4 is 21.6 Å². The van der Waals surface area contributed by atoms with Gasteiger partial charge in [0, 0.05) is 50.8 Å². The summed E-state index contributed by atoms with van der Waals surface area (Å²) in [5, 5.41) is 0. The number of hydrogen-bond acceptors (Lipinski definition) is 6. The van der Waals surface area contributed by atoms with E-state index in [0.717, 1.165) is 11.5 Å². The molecule has 2 heterocycles. The first-order valence-corrected chi connectivity index (χ1v) is 10.3. The van der Waals surface area contributed by atoms with Crippen LogP contribution in [0.5, 0.6) is 0 Å². The molecule has 0 bridgehead atoms. The summed E-state index contributed by atoms with van der Waals surface area (Å²) in [6.07, 6.45) is 1.22. The molecule has 23 heavy (non-hydrogen) atoms. The van der Waals surface area contributed by atoms with E-state index in [4.69, 9.17) is 0 Å². The maximum Gasteiger partial charge on any atom is 0.341 e. The number of sulfonamides is 1. The average Bonchev–Trinajstić information content (AvgIpc) is 2.72. The van der Waals surface area contributed by atoms with Crippen molar-refractivity contribution in [2.24, 2.45) is 5.92 Å². The van der Waals surface area contributed by atoms with E-state index in [1.54, 1.807) is 0 Å². The minimum absolute atomic E-state index is 0.217. The third kappa shape index (κ3) is 4.75. The lowest BCUT2D eigenvalue weighted by atomic mass is 10.2. The van der Waals surface area contributed by atoms with Crippen LogP contribution in [0.3, 0.4) is 0 Å². The molecular weight excluding hydrogens is 340 g/mol. The molecule has 1 aliphatic heterocycles. The number of nitrogens with zero attached hydrogens (tertiary/aromatic N) is 4. The summed E-state index contributed by atoms with van der Waals surface area (Å²) < 4.78 is 27.2. The Balaban J connectivity index is 1.93. The lowest BCUT2D eigenvalue weighted by Gasteiger charge is -2.33. The predicted molar refractivity (Wildman–Crippen MR) is 90.5 cm³/mol. The lowest BCUT2D eigenvalue weighted by molar-refractivity contribution is 0.184. The molecule has 0 N–H and O–H groups in total. The molecule has 1 fully saturated rings. The zero-order chi connectivity index (χ0) is 17.2. The second kappa shape index (κ2) is 7.29. The van der Waals surface area contributed by atoms with Gasteiger partial charge < -0.3 is 0 Å². The molecule has 0 aliphatic carbocycles. The first-order valence-electron chi connectivity index (χ1n) is 7.67. The number of rotatable bonds is 6. The topological polar surface area (TPSA) is 84.6 Å². The van der Waals surface area contributed by atoms with Crippen molar-refractivity contribution in [3.8, 4) is 0 Å². The minimum Gasteiger partial charge on any atom is -0.299 e. The molecule has 1 saturated heterocycles. The fourth-order valence-electron chi connectivity index (χ4n) is 2.57. The highest BCUT2D eigenvalue weighted by Crippen LogP contribution is 2.06. The van der Waals surface area contributed by atoms with Gasteiger partial charge in [0.25, 0.3) is 0 Å². The quantitative estimate of drug-likeness (QED) is 0.667. The second-order valence-electron chi connectivity index (χ2n) is 6.25. The van der Waals surface area contributed by atoms with Gasteiger partial charge in [-0.2, -0.15) is 4.31 Å². The van der Waals surface area contributed by atoms with Crippen molar-refractivity contribution in [3.63, 3.8) is 0 Å². The van der Waals surface area contributed by atoms with Gasteiger partial charge in [0.2, 0.25) is 10.0 Å². The van der Waals surface area contributed by atoms with Crippen LogP contribution in [0.25, 0.3) is 0 Å². The highest BCUT2D eigenvalue weighted by atomic mass is 32.2. The van der Waals surface area contributed by atoms with Crippen molar-refractivity contribution in [1.29, 1.82) is 0 Å². The predicted octanol–water partition coefficient (Wildman–Crippen LogP) is -0.695. The fraction of sp³-hybridized carbons (Fsp3) is 0.846. The van der Waals surface area contributed by atoms with E-state index in [9.17, 15) is 18.0 Å². The Morgan fingerprint density at radius 1 is 1.09 bits per heavy atom. The van der Waals surface area contributed by atoms with Gasteiger partial charge in [0.1, 0.15) is 0 Å². The molecule has 1 aromatic rings. The molecule has 0 aromatic carbocycles. The van der Waals surface area contributed by atoms with Gasteiger partial charge >= 0.3 is 10.6 Å².